The van der Waals surface area contributed by atoms with E-state index in [-0.39, 0.29) is 16.7 Å². The molecule has 0 spiro atoms. The van der Waals surface area contributed by atoms with E-state index in [1.54, 1.807) is 17.5 Å². The molecule has 3 heterocycles. The predicted octanol–water partition coefficient (Wildman–Crippen LogP) is 3.58. The molecule has 0 radical (unpaired) electrons. The van der Waals surface area contributed by atoms with Gasteiger partial charge in [0, 0.05) is 16.5 Å². The van der Waals surface area contributed by atoms with Gasteiger partial charge in [-0.25, -0.2) is 9.97 Å². The third-order valence-electron chi connectivity index (χ3n) is 4.38. The van der Waals surface area contributed by atoms with Crippen molar-refractivity contribution in [3.8, 4) is 0 Å². The van der Waals surface area contributed by atoms with E-state index in [1.165, 1.54) is 40.0 Å². The Hall–Kier alpha value is -1.71. The maximum Gasteiger partial charge on any atom is 0.259 e. The number of aromatic amines is 1. The quantitative estimate of drug-likeness (QED) is 0.676. The standard InChI is InChI=1S/C17H18N4O2S3/c1-9(14(22)21-17-18-6-7-24-17)25-8-12-19-15(23)13-10-4-2-3-5-11(10)26-16(13)20-12/h6-7,9H,2-5,8H2,1H3,(H,18,21,22)(H,19,20,23)/t9-/m1/s1. The number of nitrogens with one attached hydrogen (secondary N) is 2. The molecule has 26 heavy (non-hydrogen) atoms. The Bertz CT molecular complexity index is 994. The summed E-state index contributed by atoms with van der Waals surface area (Å²) in [5, 5.41) is 5.71. The van der Waals surface area contributed by atoms with Crippen molar-refractivity contribution in [2.45, 2.75) is 43.6 Å². The van der Waals surface area contributed by atoms with E-state index in [2.05, 4.69) is 20.3 Å². The van der Waals surface area contributed by atoms with Crippen LogP contribution in [0.2, 0.25) is 0 Å². The first kappa shape index (κ1) is 17.7. The van der Waals surface area contributed by atoms with Crippen molar-refractivity contribution in [2.75, 3.05) is 5.32 Å². The van der Waals surface area contributed by atoms with Crippen LogP contribution in [0.3, 0.4) is 0 Å². The number of fused-ring (bicyclic) bond motifs is 3. The van der Waals surface area contributed by atoms with Gasteiger partial charge in [0.25, 0.3) is 5.56 Å². The molecule has 0 saturated heterocycles. The summed E-state index contributed by atoms with van der Waals surface area (Å²) in [6, 6.07) is 0. The van der Waals surface area contributed by atoms with E-state index in [4.69, 9.17) is 0 Å². The molecule has 3 aromatic heterocycles. The van der Waals surface area contributed by atoms with E-state index < -0.39 is 0 Å². The lowest BCUT2D eigenvalue weighted by molar-refractivity contribution is -0.115. The molecule has 0 saturated carbocycles. The number of aryl methyl sites for hydroxylation is 2. The fourth-order valence-electron chi connectivity index (χ4n) is 3.05. The SMILES string of the molecule is C[C@@H](SCc1nc2sc3c(c2c(=O)[nH]1)CCCC3)C(=O)Nc1nccs1. The van der Waals surface area contributed by atoms with Gasteiger partial charge in [-0.15, -0.1) is 34.4 Å². The number of thiophene rings is 1. The minimum absolute atomic E-state index is 0.0510. The molecular formula is C17H18N4O2S3. The van der Waals surface area contributed by atoms with Crippen LogP contribution in [0.5, 0.6) is 0 Å². The summed E-state index contributed by atoms with van der Waals surface area (Å²) in [5.41, 5.74) is 1.14. The fourth-order valence-corrected chi connectivity index (χ4v) is 5.62. The molecule has 4 rings (SSSR count). The zero-order valence-corrected chi connectivity index (χ0v) is 16.7. The number of thioether (sulfide) groups is 1. The van der Waals surface area contributed by atoms with Crippen LogP contribution in [0.4, 0.5) is 5.13 Å². The van der Waals surface area contributed by atoms with Crippen molar-refractivity contribution in [1.29, 1.82) is 0 Å². The normalized spacial score (nSPS) is 15.0. The Kier molecular flexibility index (Phi) is 5.10. The number of thiazole rings is 1. The van der Waals surface area contributed by atoms with Gasteiger partial charge < -0.3 is 10.3 Å². The highest BCUT2D eigenvalue weighted by molar-refractivity contribution is 7.99. The van der Waals surface area contributed by atoms with Crippen LogP contribution in [-0.2, 0) is 23.4 Å². The number of aromatic nitrogens is 3. The number of H-pyrrole nitrogens is 1. The number of rotatable bonds is 5. The van der Waals surface area contributed by atoms with Crippen molar-refractivity contribution < 1.29 is 4.79 Å². The molecule has 0 aliphatic heterocycles. The van der Waals surface area contributed by atoms with Gasteiger partial charge in [0.1, 0.15) is 10.7 Å². The van der Waals surface area contributed by atoms with E-state index in [0.717, 1.165) is 29.5 Å². The van der Waals surface area contributed by atoms with Crippen LogP contribution >= 0.6 is 34.4 Å². The second-order valence-electron chi connectivity index (χ2n) is 6.18. The molecule has 0 fully saturated rings. The minimum atomic E-state index is -0.267. The van der Waals surface area contributed by atoms with Gasteiger partial charge in [0.15, 0.2) is 5.13 Å². The fraction of sp³-hybridized carbons (Fsp3) is 0.412. The smallest absolute Gasteiger partial charge is 0.259 e. The van der Waals surface area contributed by atoms with Crippen molar-refractivity contribution in [1.82, 2.24) is 15.0 Å². The molecule has 9 heteroatoms. The molecule has 6 nitrogen and oxygen atoms in total. The third-order valence-corrected chi connectivity index (χ3v) is 7.40. The Morgan fingerprint density at radius 1 is 1.42 bits per heavy atom. The lowest BCUT2D eigenvalue weighted by Gasteiger charge is -2.10. The van der Waals surface area contributed by atoms with E-state index in [1.807, 2.05) is 12.3 Å². The molecule has 136 valence electrons. The topological polar surface area (TPSA) is 87.7 Å². The number of amides is 1. The van der Waals surface area contributed by atoms with Gasteiger partial charge in [0.05, 0.1) is 16.4 Å². The Balaban J connectivity index is 1.47. The van der Waals surface area contributed by atoms with Crippen molar-refractivity contribution in [3.63, 3.8) is 0 Å². The van der Waals surface area contributed by atoms with Crippen LogP contribution in [0, 0.1) is 0 Å². The maximum absolute atomic E-state index is 12.5. The average molecular weight is 407 g/mol. The second kappa shape index (κ2) is 7.50. The molecule has 0 bridgehead atoms. The largest absolute Gasteiger partial charge is 0.309 e. The number of anilines is 1. The zero-order chi connectivity index (χ0) is 18.1. The number of carbonyl (C=O) groups is 1. The third kappa shape index (κ3) is 3.56. The first-order valence-corrected chi connectivity index (χ1v) is 11.2. The second-order valence-corrected chi connectivity index (χ2v) is 9.49. The molecule has 0 aromatic carbocycles. The van der Waals surface area contributed by atoms with Gasteiger partial charge in [-0.2, -0.15) is 0 Å². The lowest BCUT2D eigenvalue weighted by Crippen LogP contribution is -2.22. The highest BCUT2D eigenvalue weighted by Gasteiger charge is 2.20. The number of nitrogens with zero attached hydrogens (tertiary/aromatic N) is 2. The first-order valence-electron chi connectivity index (χ1n) is 8.47. The highest BCUT2D eigenvalue weighted by atomic mass is 32.2. The van der Waals surface area contributed by atoms with Crippen LogP contribution in [0.1, 0.15) is 36.0 Å². The van der Waals surface area contributed by atoms with Gasteiger partial charge in [-0.1, -0.05) is 0 Å². The van der Waals surface area contributed by atoms with Gasteiger partial charge in [0.2, 0.25) is 5.91 Å². The lowest BCUT2D eigenvalue weighted by atomic mass is 9.97. The summed E-state index contributed by atoms with van der Waals surface area (Å²) in [6.45, 7) is 1.84. The van der Waals surface area contributed by atoms with Crippen molar-refractivity contribution in [2.24, 2.45) is 0 Å². The van der Waals surface area contributed by atoms with E-state index >= 15 is 0 Å². The zero-order valence-electron chi connectivity index (χ0n) is 14.2. The number of hydrogen-bond acceptors (Lipinski definition) is 7. The monoisotopic (exact) mass is 406 g/mol. The minimum Gasteiger partial charge on any atom is -0.309 e. The van der Waals surface area contributed by atoms with Crippen LogP contribution < -0.4 is 10.9 Å². The van der Waals surface area contributed by atoms with Crippen molar-refractivity contribution in [3.05, 3.63) is 38.2 Å². The molecule has 3 aromatic rings. The molecule has 1 aliphatic rings. The first-order chi connectivity index (χ1) is 12.6. The Morgan fingerprint density at radius 3 is 3.08 bits per heavy atom. The summed E-state index contributed by atoms with van der Waals surface area (Å²) in [5.74, 6) is 1.01. The molecule has 2 N–H and O–H groups in total. The highest BCUT2D eigenvalue weighted by Crippen LogP contribution is 2.33. The Labute approximate surface area is 162 Å². The summed E-state index contributed by atoms with van der Waals surface area (Å²) in [6.07, 6.45) is 6.01. The molecule has 0 unspecified atom stereocenters. The summed E-state index contributed by atoms with van der Waals surface area (Å²) >= 11 is 4.48. The number of hydrogen-bond donors (Lipinski definition) is 2. The number of carbonyl (C=O) groups excluding carboxylic acids is 1. The summed E-state index contributed by atoms with van der Waals surface area (Å²) < 4.78 is 0. The molecule has 1 atom stereocenters. The van der Waals surface area contributed by atoms with E-state index in [0.29, 0.717) is 16.7 Å². The van der Waals surface area contributed by atoms with Crippen molar-refractivity contribution >= 4 is 55.7 Å². The van der Waals surface area contributed by atoms with Crippen LogP contribution in [0.15, 0.2) is 16.4 Å². The van der Waals surface area contributed by atoms with Gasteiger partial charge in [-0.3, -0.25) is 9.59 Å². The average Bonchev–Trinajstić information content (AvgIpc) is 3.26. The summed E-state index contributed by atoms with van der Waals surface area (Å²) in [7, 11) is 0. The Morgan fingerprint density at radius 2 is 2.27 bits per heavy atom. The predicted molar refractivity (Wildman–Crippen MR) is 108 cm³/mol. The van der Waals surface area contributed by atoms with E-state index in [9.17, 15) is 9.59 Å². The molecule has 1 amide bonds. The van der Waals surface area contributed by atoms with Gasteiger partial charge >= 0.3 is 0 Å². The molecular weight excluding hydrogens is 388 g/mol. The van der Waals surface area contributed by atoms with Crippen LogP contribution in [-0.4, -0.2) is 26.1 Å². The maximum atomic E-state index is 12.5. The molecule has 1 aliphatic carbocycles. The van der Waals surface area contributed by atoms with Crippen LogP contribution in [0.25, 0.3) is 10.2 Å². The summed E-state index contributed by atoms with van der Waals surface area (Å²) in [4.78, 5) is 38.5. The van der Waals surface area contributed by atoms with Gasteiger partial charge in [-0.05, 0) is 38.2 Å².